The Bertz CT molecular complexity index is 1370. The monoisotopic (exact) mass is 509 g/mol. The van der Waals surface area contributed by atoms with Gasteiger partial charge >= 0.3 is 6.09 Å². The van der Waals surface area contributed by atoms with Crippen LogP contribution in [0.5, 0.6) is 0 Å². The van der Waals surface area contributed by atoms with Gasteiger partial charge in [-0.3, -0.25) is 4.90 Å². The van der Waals surface area contributed by atoms with Gasteiger partial charge < -0.3 is 9.84 Å². The molecule has 5 heteroatoms. The van der Waals surface area contributed by atoms with E-state index in [4.69, 9.17) is 4.74 Å². The minimum atomic E-state index is -0.821. The Morgan fingerprint density at radius 3 is 2.38 bits per heavy atom. The van der Waals surface area contributed by atoms with E-state index in [9.17, 15) is 9.90 Å². The number of benzene rings is 4. The lowest BCUT2D eigenvalue weighted by molar-refractivity contribution is -0.0534. The van der Waals surface area contributed by atoms with E-state index in [1.807, 2.05) is 23.9 Å². The van der Waals surface area contributed by atoms with E-state index in [0.29, 0.717) is 6.61 Å². The first-order valence-corrected chi connectivity index (χ1v) is 14.0. The summed E-state index contributed by atoms with van der Waals surface area (Å²) in [5.41, 5.74) is 3.66. The Hall–Kier alpha value is -3.28. The highest BCUT2D eigenvalue weighted by Gasteiger charge is 2.50. The predicted octanol–water partition coefficient (Wildman–Crippen LogP) is 7.72. The first-order chi connectivity index (χ1) is 18.2. The lowest BCUT2D eigenvalue weighted by atomic mass is 9.82. The number of rotatable bonds is 7. The Kier molecular flexibility index (Phi) is 6.90. The molecule has 4 aromatic rings. The SMILES string of the molecule is O=C(O)N1C2CCC1C(OCc1ccc3ccccc3c1)C(c1ccc(CSc3ccccc3)cc1)C2. The molecule has 6 rings (SSSR count). The summed E-state index contributed by atoms with van der Waals surface area (Å²) in [4.78, 5) is 15.1. The van der Waals surface area contributed by atoms with Gasteiger partial charge in [-0.1, -0.05) is 78.9 Å². The van der Waals surface area contributed by atoms with Crippen LogP contribution in [-0.2, 0) is 17.1 Å². The van der Waals surface area contributed by atoms with E-state index in [-0.39, 0.29) is 24.1 Å². The molecule has 37 heavy (non-hydrogen) atoms. The van der Waals surface area contributed by atoms with Gasteiger partial charge in [-0.15, -0.1) is 11.8 Å². The summed E-state index contributed by atoms with van der Waals surface area (Å²) in [6, 6.07) is 34.1. The normalized spacial score (nSPS) is 22.9. The third-order valence-corrected chi connectivity index (χ3v) is 8.97. The zero-order chi connectivity index (χ0) is 25.2. The number of hydrogen-bond acceptors (Lipinski definition) is 3. The van der Waals surface area contributed by atoms with Crippen molar-refractivity contribution in [2.24, 2.45) is 0 Å². The number of piperidine rings is 1. The summed E-state index contributed by atoms with van der Waals surface area (Å²) in [6.07, 6.45) is 1.60. The average molecular weight is 510 g/mol. The van der Waals surface area contributed by atoms with E-state index in [1.54, 1.807) is 4.90 Å². The van der Waals surface area contributed by atoms with Crippen molar-refractivity contribution in [1.82, 2.24) is 4.90 Å². The Labute approximate surface area is 222 Å². The number of amides is 1. The average Bonchev–Trinajstić information content (AvgIpc) is 3.27. The molecule has 0 saturated carbocycles. The van der Waals surface area contributed by atoms with Crippen LogP contribution in [0.3, 0.4) is 0 Å². The Morgan fingerprint density at radius 2 is 1.59 bits per heavy atom. The molecule has 1 N–H and O–H groups in total. The maximum absolute atomic E-state index is 12.1. The molecule has 188 valence electrons. The maximum Gasteiger partial charge on any atom is 0.407 e. The number of nitrogens with zero attached hydrogens (tertiary/aromatic N) is 1. The highest BCUT2D eigenvalue weighted by Crippen LogP contribution is 2.45. The van der Waals surface area contributed by atoms with Crippen LogP contribution in [0.15, 0.2) is 102 Å². The van der Waals surface area contributed by atoms with E-state index in [1.165, 1.54) is 26.8 Å². The fourth-order valence-electron chi connectivity index (χ4n) is 6.08. The molecule has 4 nitrogen and oxygen atoms in total. The lowest BCUT2D eigenvalue weighted by Gasteiger charge is -2.43. The smallest absolute Gasteiger partial charge is 0.407 e. The summed E-state index contributed by atoms with van der Waals surface area (Å²) in [6.45, 7) is 0.479. The predicted molar refractivity (Wildman–Crippen MR) is 149 cm³/mol. The van der Waals surface area contributed by atoms with E-state index < -0.39 is 6.09 Å². The molecule has 0 aromatic heterocycles. The van der Waals surface area contributed by atoms with Gasteiger partial charge in [0.25, 0.3) is 0 Å². The quantitative estimate of drug-likeness (QED) is 0.259. The van der Waals surface area contributed by atoms with Crippen molar-refractivity contribution in [1.29, 1.82) is 0 Å². The van der Waals surface area contributed by atoms with E-state index in [2.05, 4.69) is 84.9 Å². The van der Waals surface area contributed by atoms with Gasteiger partial charge in [-0.05, 0) is 64.9 Å². The summed E-state index contributed by atoms with van der Waals surface area (Å²) in [5, 5.41) is 12.4. The molecule has 4 atom stereocenters. The second-order valence-electron chi connectivity index (χ2n) is 10.1. The molecule has 0 aliphatic carbocycles. The van der Waals surface area contributed by atoms with Gasteiger partial charge in [0, 0.05) is 22.6 Å². The standard InChI is InChI=1S/C32H31NO3S/c34-32(35)33-27-16-17-30(33)31(36-20-23-12-13-24-6-4-5-7-26(24)18-23)29(19-27)25-14-10-22(11-15-25)21-37-28-8-2-1-3-9-28/h1-15,18,27,29-31H,16-17,19-21H2,(H,34,35). The number of ether oxygens (including phenoxy) is 1. The molecular formula is C32H31NO3S. The van der Waals surface area contributed by atoms with Crippen LogP contribution >= 0.6 is 11.8 Å². The Morgan fingerprint density at radius 1 is 0.865 bits per heavy atom. The minimum absolute atomic E-state index is 0.0707. The number of thioether (sulfide) groups is 1. The van der Waals surface area contributed by atoms with Crippen LogP contribution in [0, 0.1) is 0 Å². The zero-order valence-corrected chi connectivity index (χ0v) is 21.5. The molecule has 2 heterocycles. The fraction of sp³-hybridized carbons (Fsp3) is 0.281. The van der Waals surface area contributed by atoms with Crippen molar-refractivity contribution < 1.29 is 14.6 Å². The van der Waals surface area contributed by atoms with Crippen LogP contribution < -0.4 is 0 Å². The largest absolute Gasteiger partial charge is 0.465 e. The molecular weight excluding hydrogens is 478 g/mol. The van der Waals surface area contributed by atoms with Gasteiger partial charge in [-0.25, -0.2) is 4.79 Å². The van der Waals surface area contributed by atoms with Crippen LogP contribution in [-0.4, -0.2) is 34.3 Å². The second kappa shape index (κ2) is 10.6. The number of carbonyl (C=O) groups is 1. The molecule has 2 aliphatic rings. The number of fused-ring (bicyclic) bond motifs is 3. The third kappa shape index (κ3) is 5.11. The lowest BCUT2D eigenvalue weighted by Crippen LogP contribution is -2.53. The summed E-state index contributed by atoms with van der Waals surface area (Å²) < 4.78 is 6.62. The highest BCUT2D eigenvalue weighted by atomic mass is 32.2. The van der Waals surface area contributed by atoms with Crippen molar-refractivity contribution in [2.45, 2.75) is 60.6 Å². The third-order valence-electron chi connectivity index (χ3n) is 7.88. The van der Waals surface area contributed by atoms with Crippen molar-refractivity contribution >= 4 is 28.6 Å². The summed E-state index contributed by atoms with van der Waals surface area (Å²) in [5.74, 6) is 1.11. The van der Waals surface area contributed by atoms with Gasteiger partial charge in [-0.2, -0.15) is 0 Å². The van der Waals surface area contributed by atoms with Crippen molar-refractivity contribution in [3.8, 4) is 0 Å². The molecule has 2 bridgehead atoms. The maximum atomic E-state index is 12.1. The molecule has 2 aliphatic heterocycles. The molecule has 2 fully saturated rings. The minimum Gasteiger partial charge on any atom is -0.465 e. The molecule has 2 saturated heterocycles. The van der Waals surface area contributed by atoms with E-state index >= 15 is 0 Å². The van der Waals surface area contributed by atoms with Crippen LogP contribution in [0.25, 0.3) is 10.8 Å². The van der Waals surface area contributed by atoms with Crippen molar-refractivity contribution in [3.63, 3.8) is 0 Å². The number of hydrogen-bond donors (Lipinski definition) is 1. The van der Waals surface area contributed by atoms with Crippen molar-refractivity contribution in [2.75, 3.05) is 0 Å². The van der Waals surface area contributed by atoms with Gasteiger partial charge in [0.2, 0.25) is 0 Å². The van der Waals surface area contributed by atoms with Crippen molar-refractivity contribution in [3.05, 3.63) is 114 Å². The number of carboxylic acid groups (broad SMARTS) is 1. The molecule has 4 aromatic carbocycles. The van der Waals surface area contributed by atoms with Gasteiger partial charge in [0.05, 0.1) is 18.8 Å². The topological polar surface area (TPSA) is 49.8 Å². The second-order valence-corrected chi connectivity index (χ2v) is 11.2. The fourth-order valence-corrected chi connectivity index (χ4v) is 6.95. The van der Waals surface area contributed by atoms with Gasteiger partial charge in [0.1, 0.15) is 0 Å². The van der Waals surface area contributed by atoms with Crippen LogP contribution in [0.1, 0.15) is 41.9 Å². The molecule has 0 radical (unpaired) electrons. The highest BCUT2D eigenvalue weighted by molar-refractivity contribution is 7.98. The Balaban J connectivity index is 1.21. The van der Waals surface area contributed by atoms with Gasteiger partial charge in [0.15, 0.2) is 0 Å². The molecule has 0 spiro atoms. The summed E-state index contributed by atoms with van der Waals surface area (Å²) >= 11 is 1.84. The summed E-state index contributed by atoms with van der Waals surface area (Å²) in [7, 11) is 0. The van der Waals surface area contributed by atoms with Crippen LogP contribution in [0.4, 0.5) is 4.79 Å². The molecule has 1 amide bonds. The van der Waals surface area contributed by atoms with Crippen LogP contribution in [0.2, 0.25) is 0 Å². The first kappa shape index (κ1) is 24.1. The first-order valence-electron chi connectivity index (χ1n) is 13.0. The zero-order valence-electron chi connectivity index (χ0n) is 20.7. The molecule has 4 unspecified atom stereocenters. The van der Waals surface area contributed by atoms with E-state index in [0.717, 1.165) is 30.6 Å².